The average Bonchev–Trinajstić information content (AvgIpc) is 3.46. The maximum atomic E-state index is 13.2. The summed E-state index contributed by atoms with van der Waals surface area (Å²) >= 11 is 1.23. The monoisotopic (exact) mass is 599 g/mol. The number of carbonyl (C=O) groups excluding carboxylic acids is 1. The highest BCUT2D eigenvalue weighted by atomic mass is 32.2. The first-order valence-electron chi connectivity index (χ1n) is 14.0. The highest BCUT2D eigenvalue weighted by molar-refractivity contribution is 8.16. The number of thioether (sulfide) groups is 1. The highest BCUT2D eigenvalue weighted by Crippen LogP contribution is 2.55. The van der Waals surface area contributed by atoms with Gasteiger partial charge in [-0.05, 0) is 53.7 Å². The molecule has 9 nitrogen and oxygen atoms in total. The minimum Gasteiger partial charge on any atom is -0.461 e. The molecule has 1 atom stereocenters. The number of hydrazone groups is 2. The molecule has 0 aliphatic carbocycles. The van der Waals surface area contributed by atoms with Crippen LogP contribution in [0.15, 0.2) is 132 Å². The first kappa shape index (κ1) is 27.4. The normalized spacial score (nSPS) is 17.3. The van der Waals surface area contributed by atoms with Crippen molar-refractivity contribution in [2.45, 2.75) is 11.9 Å². The molecular weight excluding hydrogens is 574 g/mol. The minimum atomic E-state index is -1.22. The number of nitro groups is 1. The summed E-state index contributed by atoms with van der Waals surface area (Å²) in [7, 11) is 0. The fourth-order valence-corrected chi connectivity index (χ4v) is 6.91. The van der Waals surface area contributed by atoms with Crippen molar-refractivity contribution in [3.63, 3.8) is 0 Å². The minimum absolute atomic E-state index is 0.0514. The maximum absolute atomic E-state index is 13.2. The largest absolute Gasteiger partial charge is 0.461 e. The van der Waals surface area contributed by atoms with E-state index in [9.17, 15) is 14.9 Å². The molecule has 5 aromatic carbocycles. The van der Waals surface area contributed by atoms with Crippen molar-refractivity contribution in [3.05, 3.63) is 148 Å². The van der Waals surface area contributed by atoms with E-state index in [1.165, 1.54) is 23.9 Å². The van der Waals surface area contributed by atoms with Crippen molar-refractivity contribution in [1.82, 2.24) is 0 Å². The molecule has 2 aliphatic rings. The molecule has 0 saturated heterocycles. The molecule has 0 amide bonds. The van der Waals surface area contributed by atoms with E-state index in [1.54, 1.807) is 24.1 Å². The van der Waals surface area contributed by atoms with Gasteiger partial charge >= 0.3 is 5.97 Å². The maximum Gasteiger partial charge on any atom is 0.365 e. The third-order valence-electron chi connectivity index (χ3n) is 7.54. The molecule has 0 fully saturated rings. The summed E-state index contributed by atoms with van der Waals surface area (Å²) in [6.45, 7) is 1.93. The SMILES string of the molecule is CCOC(=O)C1=NN(c2ccc([N+](=O)[O-])cc2)[C@]2(S1)c1ccccc1C(c1cccc3ccccc13)=NN2c1ccccc1. The van der Waals surface area contributed by atoms with Crippen molar-refractivity contribution in [2.75, 3.05) is 16.6 Å². The number of nitro benzene ring substituents is 1. The number of carbonyl (C=O) groups is 1. The predicted molar refractivity (Wildman–Crippen MR) is 174 cm³/mol. The van der Waals surface area contributed by atoms with E-state index >= 15 is 0 Å². The van der Waals surface area contributed by atoms with Gasteiger partial charge in [-0.15, -0.1) is 0 Å². The van der Waals surface area contributed by atoms with Gasteiger partial charge in [-0.1, -0.05) is 84.9 Å². The van der Waals surface area contributed by atoms with Crippen molar-refractivity contribution >= 4 is 56.3 Å². The Labute approximate surface area is 257 Å². The van der Waals surface area contributed by atoms with Crippen LogP contribution in [0.25, 0.3) is 10.8 Å². The van der Waals surface area contributed by atoms with Crippen LogP contribution in [-0.2, 0) is 14.5 Å². The molecule has 0 saturated carbocycles. The summed E-state index contributed by atoms with van der Waals surface area (Å²) in [5.41, 5.74) is 4.69. The number of hydrogen-bond acceptors (Lipinski definition) is 9. The van der Waals surface area contributed by atoms with E-state index in [0.717, 1.165) is 38.9 Å². The van der Waals surface area contributed by atoms with Gasteiger partial charge in [0.15, 0.2) is 0 Å². The molecule has 5 aromatic rings. The quantitative estimate of drug-likeness (QED) is 0.115. The molecule has 0 unspecified atom stereocenters. The second-order valence-electron chi connectivity index (χ2n) is 10.1. The Morgan fingerprint density at radius 2 is 1.43 bits per heavy atom. The van der Waals surface area contributed by atoms with Gasteiger partial charge in [-0.3, -0.25) is 10.1 Å². The second kappa shape index (κ2) is 11.0. The van der Waals surface area contributed by atoms with Crippen LogP contribution in [0.5, 0.6) is 0 Å². The fraction of sp³-hybridized carbons (Fsp3) is 0.0882. The van der Waals surface area contributed by atoms with Gasteiger partial charge in [0.05, 0.1) is 28.6 Å². The van der Waals surface area contributed by atoms with Crippen LogP contribution in [0.4, 0.5) is 17.1 Å². The van der Waals surface area contributed by atoms with Crippen LogP contribution >= 0.6 is 11.8 Å². The van der Waals surface area contributed by atoms with E-state index in [-0.39, 0.29) is 17.3 Å². The van der Waals surface area contributed by atoms with E-state index < -0.39 is 15.9 Å². The number of hydrogen-bond donors (Lipinski definition) is 0. The molecule has 0 aromatic heterocycles. The lowest BCUT2D eigenvalue weighted by molar-refractivity contribution is -0.384. The van der Waals surface area contributed by atoms with Gasteiger partial charge in [-0.25, -0.2) is 14.8 Å². The van der Waals surface area contributed by atoms with E-state index in [2.05, 4.69) is 24.3 Å². The molecule has 0 radical (unpaired) electrons. The molecule has 7 rings (SSSR count). The van der Waals surface area contributed by atoms with Crippen molar-refractivity contribution in [2.24, 2.45) is 10.2 Å². The Morgan fingerprint density at radius 3 is 2.20 bits per heavy atom. The topological polar surface area (TPSA) is 101 Å². The summed E-state index contributed by atoms with van der Waals surface area (Å²) in [5.74, 6) is -0.560. The highest BCUT2D eigenvalue weighted by Gasteiger charge is 2.56. The van der Waals surface area contributed by atoms with Gasteiger partial charge in [0.2, 0.25) is 10.0 Å². The summed E-state index contributed by atoms with van der Waals surface area (Å²) in [4.78, 5) is 23.1. The Bertz CT molecular complexity index is 1970. The number of para-hydroxylation sites is 1. The van der Waals surface area contributed by atoms with Crippen molar-refractivity contribution < 1.29 is 14.5 Å². The number of ether oxygens (including phenoxy) is 1. The van der Waals surface area contributed by atoms with Crippen LogP contribution in [0.3, 0.4) is 0 Å². The third-order valence-corrected chi connectivity index (χ3v) is 8.83. The zero-order chi connectivity index (χ0) is 30.3. The number of nitrogens with zero attached hydrogens (tertiary/aromatic N) is 5. The number of anilines is 2. The van der Waals surface area contributed by atoms with Gasteiger partial charge in [0, 0.05) is 28.8 Å². The van der Waals surface area contributed by atoms with Crippen LogP contribution in [0, 0.1) is 10.1 Å². The van der Waals surface area contributed by atoms with Crippen molar-refractivity contribution in [1.29, 1.82) is 0 Å². The number of benzene rings is 5. The van der Waals surface area contributed by atoms with Gasteiger partial charge in [-0.2, -0.15) is 10.2 Å². The Kier molecular flexibility index (Phi) is 6.83. The Morgan fingerprint density at radius 1 is 0.795 bits per heavy atom. The molecule has 2 heterocycles. The van der Waals surface area contributed by atoms with Gasteiger partial charge < -0.3 is 4.74 Å². The van der Waals surface area contributed by atoms with E-state index in [0.29, 0.717) is 5.69 Å². The predicted octanol–water partition coefficient (Wildman–Crippen LogP) is 7.26. The Balaban J connectivity index is 1.52. The van der Waals surface area contributed by atoms with Crippen LogP contribution in [-0.4, -0.2) is 28.3 Å². The number of esters is 1. The summed E-state index contributed by atoms with van der Waals surface area (Å²) in [5, 5.41) is 27.5. The fourth-order valence-electron chi connectivity index (χ4n) is 5.62. The van der Waals surface area contributed by atoms with Crippen LogP contribution in [0.1, 0.15) is 23.6 Å². The third kappa shape index (κ3) is 4.38. The van der Waals surface area contributed by atoms with Gasteiger partial charge in [0.25, 0.3) is 5.69 Å². The summed E-state index contributed by atoms with van der Waals surface area (Å²) in [6, 6.07) is 38.1. The Hall–Kier alpha value is -5.48. The molecule has 10 heteroatoms. The molecule has 0 bridgehead atoms. The lowest BCUT2D eigenvalue weighted by Crippen LogP contribution is -2.54. The molecule has 2 aliphatic heterocycles. The second-order valence-corrected chi connectivity index (χ2v) is 11.2. The zero-order valence-electron chi connectivity index (χ0n) is 23.5. The van der Waals surface area contributed by atoms with Crippen molar-refractivity contribution in [3.8, 4) is 0 Å². The zero-order valence-corrected chi connectivity index (χ0v) is 24.3. The molecule has 44 heavy (non-hydrogen) atoms. The summed E-state index contributed by atoms with van der Waals surface area (Å²) in [6.07, 6.45) is 0. The van der Waals surface area contributed by atoms with Crippen LogP contribution in [0.2, 0.25) is 0 Å². The molecule has 0 N–H and O–H groups in total. The lowest BCUT2D eigenvalue weighted by atomic mass is 9.91. The first-order valence-corrected chi connectivity index (χ1v) is 14.8. The smallest absolute Gasteiger partial charge is 0.365 e. The lowest BCUT2D eigenvalue weighted by Gasteiger charge is -2.47. The average molecular weight is 600 g/mol. The van der Waals surface area contributed by atoms with Crippen LogP contribution < -0.4 is 10.0 Å². The number of non-ortho nitro benzene ring substituents is 1. The number of rotatable bonds is 6. The summed E-state index contributed by atoms with van der Waals surface area (Å²) < 4.78 is 5.40. The molecule has 216 valence electrons. The molecular formula is C34H25N5O4S. The first-order chi connectivity index (χ1) is 21.5. The van der Waals surface area contributed by atoms with E-state index in [1.807, 2.05) is 77.8 Å². The standard InChI is InChI=1S/C34H25N5O4S/c1-2-43-33(40)32-36-38(25-19-21-26(22-20-25)39(41)42)34(44-32)30-18-9-8-16-29(30)31(35-37(34)24-13-4-3-5-14-24)28-17-10-12-23-11-6-7-15-27(23)28/h3-22H,2H2,1H3/t34-/m0/s1. The van der Waals surface area contributed by atoms with Gasteiger partial charge in [0.1, 0.15) is 0 Å². The molecule has 1 spiro atoms. The number of fused-ring (bicyclic) bond motifs is 3. The van der Waals surface area contributed by atoms with E-state index in [4.69, 9.17) is 14.9 Å².